The van der Waals surface area contributed by atoms with Crippen LogP contribution in [0.25, 0.3) is 54.4 Å². The van der Waals surface area contributed by atoms with E-state index in [1.165, 1.54) is 59.6 Å². The highest BCUT2D eigenvalue weighted by Gasteiger charge is 2.22. The van der Waals surface area contributed by atoms with Gasteiger partial charge in [-0.15, -0.1) is 11.3 Å². The molecule has 0 unspecified atom stereocenters. The summed E-state index contributed by atoms with van der Waals surface area (Å²) in [5, 5.41) is 7.39. The Morgan fingerprint density at radius 2 is 1.39 bits per heavy atom. The van der Waals surface area contributed by atoms with E-state index in [9.17, 15) is 0 Å². The maximum Gasteiger partial charge on any atom is 0.123 e. The summed E-state index contributed by atoms with van der Waals surface area (Å²) in [4.78, 5) is 6.80. The van der Waals surface area contributed by atoms with Crippen molar-refractivity contribution in [2.45, 2.75) is 12.8 Å². The molecular formula is C38H28N2S. The molecule has 0 saturated heterocycles. The van der Waals surface area contributed by atoms with E-state index in [0.717, 1.165) is 35.5 Å². The highest BCUT2D eigenvalue weighted by Crippen LogP contribution is 2.47. The zero-order chi connectivity index (χ0) is 27.3. The smallest absolute Gasteiger partial charge is 0.123 e. The molecule has 0 N–H and O–H groups in total. The first-order valence-electron chi connectivity index (χ1n) is 14.2. The second-order valence-electron chi connectivity index (χ2n) is 10.7. The lowest BCUT2D eigenvalue weighted by atomic mass is 9.84. The van der Waals surface area contributed by atoms with Gasteiger partial charge < -0.3 is 4.90 Å². The SMILES string of the molecule is C=Nc1c(N2C=C(c3c4ccccc4c(-c4ccc5c(c4)C=CCC5)c4ccccc34)C=CC2)sc2ccccc12. The Kier molecular flexibility index (Phi) is 5.71. The Morgan fingerprint density at radius 1 is 0.707 bits per heavy atom. The molecule has 41 heavy (non-hydrogen) atoms. The van der Waals surface area contributed by atoms with Crippen molar-refractivity contribution in [3.8, 4) is 11.1 Å². The van der Waals surface area contributed by atoms with Crippen LogP contribution in [0.15, 0.2) is 120 Å². The zero-order valence-electron chi connectivity index (χ0n) is 22.7. The molecule has 0 atom stereocenters. The molecule has 0 fully saturated rings. The van der Waals surface area contributed by atoms with Gasteiger partial charge >= 0.3 is 0 Å². The molecule has 0 amide bonds. The van der Waals surface area contributed by atoms with Gasteiger partial charge in [-0.05, 0) is 86.6 Å². The van der Waals surface area contributed by atoms with Crippen molar-refractivity contribution in [1.82, 2.24) is 0 Å². The maximum absolute atomic E-state index is 4.47. The normalized spacial score (nSPS) is 14.5. The molecule has 1 aliphatic heterocycles. The lowest BCUT2D eigenvalue weighted by Crippen LogP contribution is -2.18. The fourth-order valence-corrected chi connectivity index (χ4v) is 7.69. The summed E-state index contributed by atoms with van der Waals surface area (Å²) in [6.07, 6.45) is 13.7. The van der Waals surface area contributed by atoms with E-state index in [1.807, 2.05) is 0 Å². The van der Waals surface area contributed by atoms with E-state index >= 15 is 0 Å². The summed E-state index contributed by atoms with van der Waals surface area (Å²) in [6.45, 7) is 4.72. The van der Waals surface area contributed by atoms with E-state index in [0.29, 0.717) is 0 Å². The van der Waals surface area contributed by atoms with Crippen molar-refractivity contribution in [1.29, 1.82) is 0 Å². The molecule has 3 heteroatoms. The van der Waals surface area contributed by atoms with Gasteiger partial charge in [0.15, 0.2) is 0 Å². The van der Waals surface area contributed by atoms with Crippen molar-refractivity contribution >= 4 is 72.0 Å². The summed E-state index contributed by atoms with van der Waals surface area (Å²) in [5.74, 6) is 0. The number of benzene rings is 5. The number of aryl methyl sites for hydroxylation is 1. The number of aliphatic imine (C=N–C) groups is 1. The number of nitrogens with zero attached hydrogens (tertiary/aromatic N) is 2. The molecule has 1 aromatic heterocycles. The largest absolute Gasteiger partial charge is 0.334 e. The topological polar surface area (TPSA) is 15.6 Å². The molecule has 2 nitrogen and oxygen atoms in total. The Hall–Kier alpha value is -4.73. The van der Waals surface area contributed by atoms with Gasteiger partial charge in [0.1, 0.15) is 10.7 Å². The predicted molar refractivity (Wildman–Crippen MR) is 180 cm³/mol. The number of thiophene rings is 1. The predicted octanol–water partition coefficient (Wildman–Crippen LogP) is 10.6. The molecule has 0 saturated carbocycles. The molecule has 5 aromatic carbocycles. The number of allylic oxidation sites excluding steroid dienone is 3. The summed E-state index contributed by atoms with van der Waals surface area (Å²) in [5.41, 5.74) is 8.80. The molecule has 0 spiro atoms. The number of rotatable bonds is 4. The molecule has 1 aliphatic carbocycles. The van der Waals surface area contributed by atoms with E-state index in [4.69, 9.17) is 0 Å². The first kappa shape index (κ1) is 24.1. The third kappa shape index (κ3) is 3.88. The van der Waals surface area contributed by atoms with Crippen LogP contribution in [0.2, 0.25) is 0 Å². The number of hydrogen-bond acceptors (Lipinski definition) is 3. The quantitative estimate of drug-likeness (QED) is 0.159. The van der Waals surface area contributed by atoms with Gasteiger partial charge in [0.05, 0.1) is 0 Å². The maximum atomic E-state index is 4.47. The first-order chi connectivity index (χ1) is 20.3. The Balaban J connectivity index is 1.36. The van der Waals surface area contributed by atoms with Crippen LogP contribution >= 0.6 is 11.3 Å². The van der Waals surface area contributed by atoms with Gasteiger partial charge in [0.2, 0.25) is 0 Å². The van der Waals surface area contributed by atoms with Gasteiger partial charge in [0, 0.05) is 22.8 Å². The molecule has 0 bridgehead atoms. The van der Waals surface area contributed by atoms with Crippen molar-refractivity contribution in [3.63, 3.8) is 0 Å². The average molecular weight is 545 g/mol. The lowest BCUT2D eigenvalue weighted by molar-refractivity contribution is 0.986. The second-order valence-corrected chi connectivity index (χ2v) is 11.8. The van der Waals surface area contributed by atoms with E-state index in [-0.39, 0.29) is 0 Å². The minimum absolute atomic E-state index is 0.801. The zero-order valence-corrected chi connectivity index (χ0v) is 23.5. The van der Waals surface area contributed by atoms with Gasteiger partial charge in [0.25, 0.3) is 0 Å². The number of hydrogen-bond donors (Lipinski definition) is 0. The van der Waals surface area contributed by atoms with Crippen LogP contribution in [0.5, 0.6) is 0 Å². The Bertz CT molecular complexity index is 2050. The Labute approximate surface area is 243 Å². The van der Waals surface area contributed by atoms with Gasteiger partial charge in [-0.1, -0.05) is 103 Å². The highest BCUT2D eigenvalue weighted by molar-refractivity contribution is 7.23. The van der Waals surface area contributed by atoms with Crippen molar-refractivity contribution < 1.29 is 0 Å². The van der Waals surface area contributed by atoms with Crippen LogP contribution in [0.1, 0.15) is 23.1 Å². The highest BCUT2D eigenvalue weighted by atomic mass is 32.1. The fraction of sp³-hybridized carbons (Fsp3) is 0.0789. The van der Waals surface area contributed by atoms with Crippen molar-refractivity contribution in [3.05, 3.63) is 132 Å². The van der Waals surface area contributed by atoms with Crippen molar-refractivity contribution in [2.75, 3.05) is 11.4 Å². The van der Waals surface area contributed by atoms with Crippen LogP contribution in [-0.4, -0.2) is 13.3 Å². The van der Waals surface area contributed by atoms with Crippen LogP contribution < -0.4 is 4.90 Å². The number of fused-ring (bicyclic) bond motifs is 4. The minimum atomic E-state index is 0.801. The molecule has 2 heterocycles. The van der Waals surface area contributed by atoms with Crippen LogP contribution in [0, 0.1) is 0 Å². The summed E-state index contributed by atoms with van der Waals surface area (Å²) in [6, 6.07) is 33.3. The lowest BCUT2D eigenvalue weighted by Gasteiger charge is -2.25. The number of anilines is 1. The van der Waals surface area contributed by atoms with E-state index < -0.39 is 0 Å². The standard InChI is InChI=1S/C38H28N2S/c1-39-37-33-18-8-9-19-34(33)41-38(37)40-22-10-13-28(24-40)36-31-16-6-4-14-29(31)35(30-15-5-7-17-32(30)36)27-21-20-25-11-2-3-12-26(25)23-27/h3-10,12-21,23-24H,1-2,11,22H2. The van der Waals surface area contributed by atoms with Crippen LogP contribution in [0.4, 0.5) is 10.7 Å². The second kappa shape index (κ2) is 9.72. The molecule has 196 valence electrons. The molecular weight excluding hydrogens is 516 g/mol. The van der Waals surface area contributed by atoms with E-state index in [1.54, 1.807) is 11.3 Å². The monoisotopic (exact) mass is 544 g/mol. The van der Waals surface area contributed by atoms with E-state index in [2.05, 4.69) is 138 Å². The summed E-state index contributed by atoms with van der Waals surface area (Å²) in [7, 11) is 0. The van der Waals surface area contributed by atoms with Crippen molar-refractivity contribution in [2.24, 2.45) is 4.99 Å². The molecule has 6 aromatic rings. The van der Waals surface area contributed by atoms with Gasteiger partial charge in [-0.25, -0.2) is 0 Å². The third-order valence-electron chi connectivity index (χ3n) is 8.40. The average Bonchev–Trinajstić information content (AvgIpc) is 3.42. The third-order valence-corrected chi connectivity index (χ3v) is 9.59. The Morgan fingerprint density at radius 3 is 2.12 bits per heavy atom. The summed E-state index contributed by atoms with van der Waals surface area (Å²) >= 11 is 1.78. The molecule has 2 aliphatic rings. The molecule has 8 rings (SSSR count). The first-order valence-corrected chi connectivity index (χ1v) is 15.0. The van der Waals surface area contributed by atoms with Gasteiger partial charge in [-0.3, -0.25) is 4.99 Å². The van der Waals surface area contributed by atoms with Crippen LogP contribution in [-0.2, 0) is 6.42 Å². The van der Waals surface area contributed by atoms with Gasteiger partial charge in [-0.2, -0.15) is 0 Å². The summed E-state index contributed by atoms with van der Waals surface area (Å²) < 4.78 is 1.23. The minimum Gasteiger partial charge on any atom is -0.334 e. The van der Waals surface area contributed by atoms with Crippen LogP contribution in [0.3, 0.4) is 0 Å². The fourth-order valence-electron chi connectivity index (χ4n) is 6.55. The molecule has 0 radical (unpaired) electrons.